The molecular weight excluding hydrogens is 380 g/mol. The lowest BCUT2D eigenvalue weighted by Gasteiger charge is -2.37. The number of piperazine rings is 1. The first-order valence-corrected chi connectivity index (χ1v) is 11.1. The molecule has 0 bridgehead atoms. The molecule has 1 aliphatic rings. The molecule has 1 unspecified atom stereocenters. The van der Waals surface area contributed by atoms with E-state index in [4.69, 9.17) is 4.99 Å². The van der Waals surface area contributed by atoms with Gasteiger partial charge in [0.05, 0.1) is 5.69 Å². The molecule has 2 heterocycles. The Morgan fingerprint density at radius 1 is 0.931 bits per heavy atom. The van der Waals surface area contributed by atoms with Crippen LogP contribution < -0.4 is 14.6 Å². The molecule has 0 aliphatic carbocycles. The van der Waals surface area contributed by atoms with E-state index in [1.54, 1.807) is 23.5 Å². The van der Waals surface area contributed by atoms with Gasteiger partial charge in [0.2, 0.25) is 0 Å². The number of anilines is 2. The Labute approximate surface area is 176 Å². The van der Waals surface area contributed by atoms with Crippen LogP contribution in [-0.4, -0.2) is 35.9 Å². The maximum atomic E-state index is 9.47. The number of aromatic nitrogens is 1. The van der Waals surface area contributed by atoms with Gasteiger partial charge in [0.25, 0.3) is 0 Å². The molecule has 1 N–H and O–H groups in total. The van der Waals surface area contributed by atoms with Crippen molar-refractivity contribution < 1.29 is 5.11 Å². The number of nitrogens with zero attached hydrogens (tertiary/aromatic N) is 4. The summed E-state index contributed by atoms with van der Waals surface area (Å²) in [6.45, 7) is 8.34. The Hall–Kier alpha value is -2.73. The summed E-state index contributed by atoms with van der Waals surface area (Å²) in [5.74, 6) is 0.315. The molecule has 1 fully saturated rings. The summed E-state index contributed by atoms with van der Waals surface area (Å²) in [4.78, 5) is 10.7. The van der Waals surface area contributed by atoms with Crippen molar-refractivity contribution >= 4 is 28.4 Å². The minimum absolute atomic E-state index is 0.315. The molecule has 0 spiro atoms. The lowest BCUT2D eigenvalue weighted by molar-refractivity contribution is 0.475. The van der Waals surface area contributed by atoms with Crippen molar-refractivity contribution in [3.8, 4) is 5.75 Å². The lowest BCUT2D eigenvalue weighted by Crippen LogP contribution is -2.46. The van der Waals surface area contributed by atoms with Crippen molar-refractivity contribution in [3.05, 3.63) is 64.9 Å². The smallest absolute Gasteiger partial charge is 0.190 e. The number of rotatable bonds is 5. The number of phenolic OH excluding ortho intramolecular Hbond substituents is 1. The predicted octanol–water partition coefficient (Wildman–Crippen LogP) is 4.79. The van der Waals surface area contributed by atoms with Crippen LogP contribution in [-0.2, 0) is 0 Å². The Bertz CT molecular complexity index is 983. The van der Waals surface area contributed by atoms with Crippen LogP contribution in [0, 0.1) is 0 Å². The van der Waals surface area contributed by atoms with Crippen LogP contribution in [0.15, 0.2) is 65.1 Å². The SMILES string of the molecule is CCC(C)n1ccsc1=Nc1ccc(N2CCN(c3ccc(O)cc3)CC2)cc1. The van der Waals surface area contributed by atoms with Crippen LogP contribution in [0.1, 0.15) is 26.3 Å². The van der Waals surface area contributed by atoms with Gasteiger partial charge in [-0.25, -0.2) is 4.99 Å². The molecule has 0 amide bonds. The molecule has 6 heteroatoms. The summed E-state index contributed by atoms with van der Waals surface area (Å²) in [6.07, 6.45) is 3.22. The maximum Gasteiger partial charge on any atom is 0.190 e. The topological polar surface area (TPSA) is 44.0 Å². The van der Waals surface area contributed by atoms with Gasteiger partial charge < -0.3 is 19.5 Å². The summed E-state index contributed by atoms with van der Waals surface area (Å²) >= 11 is 1.68. The Balaban J connectivity index is 1.42. The first kappa shape index (κ1) is 19.6. The maximum absolute atomic E-state index is 9.47. The van der Waals surface area contributed by atoms with E-state index in [9.17, 15) is 5.11 Å². The fourth-order valence-electron chi connectivity index (χ4n) is 3.63. The lowest BCUT2D eigenvalue weighted by atomic mass is 10.2. The van der Waals surface area contributed by atoms with Gasteiger partial charge in [0.15, 0.2) is 4.80 Å². The second kappa shape index (κ2) is 8.74. The van der Waals surface area contributed by atoms with Crippen molar-refractivity contribution in [1.29, 1.82) is 0 Å². The average Bonchev–Trinajstić information content (AvgIpc) is 3.22. The zero-order chi connectivity index (χ0) is 20.2. The number of thiazole rings is 1. The number of phenols is 1. The zero-order valence-corrected chi connectivity index (χ0v) is 17.8. The Kier molecular flexibility index (Phi) is 5.90. The first-order chi connectivity index (χ1) is 14.1. The van der Waals surface area contributed by atoms with Gasteiger partial charge in [-0.05, 0) is 61.9 Å². The van der Waals surface area contributed by atoms with Gasteiger partial charge in [-0.2, -0.15) is 0 Å². The van der Waals surface area contributed by atoms with E-state index < -0.39 is 0 Å². The van der Waals surface area contributed by atoms with Crippen molar-refractivity contribution in [2.75, 3.05) is 36.0 Å². The number of aromatic hydroxyl groups is 1. The molecule has 0 saturated carbocycles. The van der Waals surface area contributed by atoms with Gasteiger partial charge in [-0.3, -0.25) is 0 Å². The minimum Gasteiger partial charge on any atom is -0.508 e. The molecule has 2 aromatic carbocycles. The third-order valence-electron chi connectivity index (χ3n) is 5.62. The summed E-state index contributed by atoms with van der Waals surface area (Å²) in [7, 11) is 0. The van der Waals surface area contributed by atoms with Crippen molar-refractivity contribution in [1.82, 2.24) is 4.57 Å². The molecule has 1 saturated heterocycles. The minimum atomic E-state index is 0.315. The van der Waals surface area contributed by atoms with E-state index in [-0.39, 0.29) is 0 Å². The van der Waals surface area contributed by atoms with Crippen LogP contribution in [0.4, 0.5) is 17.1 Å². The zero-order valence-electron chi connectivity index (χ0n) is 17.0. The number of hydrogen-bond donors (Lipinski definition) is 1. The fourth-order valence-corrected chi connectivity index (χ4v) is 4.47. The molecular formula is C23H28N4OS. The van der Waals surface area contributed by atoms with E-state index in [1.807, 2.05) is 12.1 Å². The predicted molar refractivity (Wildman–Crippen MR) is 122 cm³/mol. The van der Waals surface area contributed by atoms with E-state index in [1.165, 1.54) is 11.4 Å². The monoisotopic (exact) mass is 408 g/mol. The van der Waals surface area contributed by atoms with Gasteiger partial charge in [0.1, 0.15) is 5.75 Å². The van der Waals surface area contributed by atoms with Gasteiger partial charge in [-0.1, -0.05) is 6.92 Å². The van der Waals surface area contributed by atoms with Crippen LogP contribution in [0.5, 0.6) is 5.75 Å². The van der Waals surface area contributed by atoms with Gasteiger partial charge >= 0.3 is 0 Å². The van der Waals surface area contributed by atoms with Gasteiger partial charge in [0, 0.05) is 55.2 Å². The van der Waals surface area contributed by atoms with E-state index in [0.29, 0.717) is 11.8 Å². The van der Waals surface area contributed by atoms with E-state index >= 15 is 0 Å². The Morgan fingerprint density at radius 3 is 2.03 bits per heavy atom. The largest absolute Gasteiger partial charge is 0.508 e. The highest BCUT2D eigenvalue weighted by molar-refractivity contribution is 7.07. The molecule has 1 aromatic heterocycles. The molecule has 29 heavy (non-hydrogen) atoms. The quantitative estimate of drug-likeness (QED) is 0.660. The third kappa shape index (κ3) is 4.48. The fraction of sp³-hybridized carbons (Fsp3) is 0.348. The summed E-state index contributed by atoms with van der Waals surface area (Å²) in [5, 5.41) is 11.6. The van der Waals surface area contributed by atoms with Crippen molar-refractivity contribution in [2.45, 2.75) is 26.3 Å². The summed E-state index contributed by atoms with van der Waals surface area (Å²) < 4.78 is 2.25. The van der Waals surface area contributed by atoms with Crippen LogP contribution in [0.2, 0.25) is 0 Å². The second-order valence-corrected chi connectivity index (χ2v) is 8.34. The van der Waals surface area contributed by atoms with E-state index in [0.717, 1.165) is 43.1 Å². The van der Waals surface area contributed by atoms with Crippen LogP contribution in [0.25, 0.3) is 0 Å². The third-order valence-corrected chi connectivity index (χ3v) is 6.39. The molecule has 152 valence electrons. The van der Waals surface area contributed by atoms with Crippen LogP contribution in [0.3, 0.4) is 0 Å². The van der Waals surface area contributed by atoms with E-state index in [2.05, 4.69) is 64.1 Å². The molecule has 3 aromatic rings. The molecule has 1 atom stereocenters. The van der Waals surface area contributed by atoms with Crippen LogP contribution >= 0.6 is 11.3 Å². The highest BCUT2D eigenvalue weighted by Gasteiger charge is 2.17. The Morgan fingerprint density at radius 2 is 1.48 bits per heavy atom. The normalized spacial score (nSPS) is 16.3. The standard InChI is InChI=1S/C23H28N4OS/c1-3-18(2)27-16-17-29-23(27)24-19-4-6-20(7-5-19)25-12-14-26(15-13-25)21-8-10-22(28)11-9-21/h4-11,16-18,28H,3,12-15H2,1-2H3. The molecule has 5 nitrogen and oxygen atoms in total. The molecule has 0 radical (unpaired) electrons. The number of hydrogen-bond acceptors (Lipinski definition) is 5. The highest BCUT2D eigenvalue weighted by atomic mass is 32.1. The second-order valence-electron chi connectivity index (χ2n) is 7.47. The highest BCUT2D eigenvalue weighted by Crippen LogP contribution is 2.24. The summed E-state index contributed by atoms with van der Waals surface area (Å²) in [5.41, 5.74) is 3.41. The average molecular weight is 409 g/mol. The van der Waals surface area contributed by atoms with Gasteiger partial charge in [-0.15, -0.1) is 11.3 Å². The molecule has 4 rings (SSSR count). The molecule has 1 aliphatic heterocycles. The first-order valence-electron chi connectivity index (χ1n) is 10.2. The van der Waals surface area contributed by atoms with Crippen molar-refractivity contribution in [3.63, 3.8) is 0 Å². The number of benzene rings is 2. The van der Waals surface area contributed by atoms with Crippen molar-refractivity contribution in [2.24, 2.45) is 4.99 Å². The summed E-state index contributed by atoms with van der Waals surface area (Å²) in [6, 6.07) is 16.5.